The monoisotopic (exact) mass is 433 g/mol. The van der Waals surface area contributed by atoms with Crippen molar-refractivity contribution in [2.45, 2.75) is 31.9 Å². The van der Waals surface area contributed by atoms with Gasteiger partial charge in [0.05, 0.1) is 22.0 Å². The maximum absolute atomic E-state index is 12.1. The van der Waals surface area contributed by atoms with E-state index in [2.05, 4.69) is 4.98 Å². The van der Waals surface area contributed by atoms with Crippen LogP contribution in [-0.2, 0) is 17.0 Å². The van der Waals surface area contributed by atoms with Gasteiger partial charge in [-0.1, -0.05) is 47.5 Å². The van der Waals surface area contributed by atoms with Gasteiger partial charge in [0, 0.05) is 17.2 Å². The van der Waals surface area contributed by atoms with Crippen LogP contribution < -0.4 is 0 Å². The molecule has 0 aliphatic rings. The quantitative estimate of drug-likeness (QED) is 0.372. The molecule has 6 heteroatoms. The van der Waals surface area contributed by atoms with Gasteiger partial charge in [0.15, 0.2) is 0 Å². The molecule has 1 heterocycles. The first-order valence-electron chi connectivity index (χ1n) is 9.08. The molecule has 0 spiro atoms. The summed E-state index contributed by atoms with van der Waals surface area (Å²) < 4.78 is 5.76. The molecule has 146 valence electrons. The number of oxazole rings is 1. The maximum Gasteiger partial charge on any atom is 0.228 e. The van der Waals surface area contributed by atoms with Gasteiger partial charge in [0.2, 0.25) is 5.89 Å². The molecule has 3 aromatic rings. The van der Waals surface area contributed by atoms with Crippen molar-refractivity contribution in [3.05, 3.63) is 75.6 Å². The molecular weight excluding hydrogens is 413 g/mol. The highest BCUT2D eigenvalue weighted by Gasteiger charge is 2.14. The Morgan fingerprint density at radius 1 is 1.11 bits per heavy atom. The van der Waals surface area contributed by atoms with Crippen molar-refractivity contribution in [1.82, 2.24) is 4.98 Å². The van der Waals surface area contributed by atoms with Gasteiger partial charge in [-0.15, -0.1) is 11.8 Å². The van der Waals surface area contributed by atoms with Crippen LogP contribution in [0, 0.1) is 6.92 Å². The first-order valence-corrected chi connectivity index (χ1v) is 11.0. The average molecular weight is 434 g/mol. The van der Waals surface area contributed by atoms with E-state index in [-0.39, 0.29) is 5.78 Å². The van der Waals surface area contributed by atoms with Gasteiger partial charge in [-0.25, -0.2) is 4.98 Å². The van der Waals surface area contributed by atoms with E-state index in [9.17, 15) is 4.79 Å². The third-order valence-corrected chi connectivity index (χ3v) is 5.92. The lowest BCUT2D eigenvalue weighted by atomic mass is 10.1. The standard InChI is InChI=1S/C22H21Cl2NO2S/c1-15-21(25-22(27-15)19-7-2-3-8-20(19)24)14-28-13-18(26)6-4-5-16-9-11-17(23)12-10-16/h2-3,7-12H,4-6,13-14H2,1H3. The minimum atomic E-state index is 0.256. The number of aromatic nitrogens is 1. The molecule has 0 N–H and O–H groups in total. The fourth-order valence-electron chi connectivity index (χ4n) is 2.79. The number of benzene rings is 2. The normalized spacial score (nSPS) is 11.0. The number of carbonyl (C=O) groups excluding carboxylic acids is 1. The van der Waals surface area contributed by atoms with Crippen molar-refractivity contribution in [3.8, 4) is 11.5 Å². The minimum absolute atomic E-state index is 0.256. The van der Waals surface area contributed by atoms with Crippen LogP contribution in [0.4, 0.5) is 0 Å². The highest BCUT2D eigenvalue weighted by molar-refractivity contribution is 7.99. The molecule has 0 amide bonds. The fraction of sp³-hybridized carbons (Fsp3) is 0.273. The van der Waals surface area contributed by atoms with Crippen LogP contribution >= 0.6 is 35.0 Å². The number of carbonyl (C=O) groups is 1. The van der Waals surface area contributed by atoms with Crippen LogP contribution in [0.2, 0.25) is 10.0 Å². The van der Waals surface area contributed by atoms with E-state index >= 15 is 0 Å². The Morgan fingerprint density at radius 3 is 2.61 bits per heavy atom. The molecule has 0 saturated carbocycles. The lowest BCUT2D eigenvalue weighted by Gasteiger charge is -2.02. The van der Waals surface area contributed by atoms with E-state index in [1.54, 1.807) is 11.8 Å². The summed E-state index contributed by atoms with van der Waals surface area (Å²) in [7, 11) is 0. The number of Topliss-reactive ketones (excluding diaryl/α,β-unsaturated/α-hetero) is 1. The van der Waals surface area contributed by atoms with E-state index in [1.165, 1.54) is 5.56 Å². The molecular formula is C22H21Cl2NO2S. The molecule has 0 aliphatic carbocycles. The summed E-state index contributed by atoms with van der Waals surface area (Å²) in [5.41, 5.74) is 2.84. The molecule has 0 bridgehead atoms. The fourth-order valence-corrected chi connectivity index (χ4v) is 4.06. The van der Waals surface area contributed by atoms with E-state index in [1.807, 2.05) is 55.5 Å². The zero-order valence-corrected chi connectivity index (χ0v) is 17.9. The number of nitrogens with zero attached hydrogens (tertiary/aromatic N) is 1. The summed E-state index contributed by atoms with van der Waals surface area (Å²) in [4.78, 5) is 16.7. The molecule has 3 nitrogen and oxygen atoms in total. The predicted molar refractivity (Wildman–Crippen MR) is 117 cm³/mol. The second kappa shape index (κ2) is 10.1. The Balaban J connectivity index is 1.44. The second-order valence-electron chi connectivity index (χ2n) is 6.51. The Kier molecular flexibility index (Phi) is 7.60. The van der Waals surface area contributed by atoms with Crippen molar-refractivity contribution in [3.63, 3.8) is 0 Å². The average Bonchev–Trinajstić information content (AvgIpc) is 3.04. The van der Waals surface area contributed by atoms with Gasteiger partial charge in [0.25, 0.3) is 0 Å². The lowest BCUT2D eigenvalue weighted by Crippen LogP contribution is -2.02. The smallest absolute Gasteiger partial charge is 0.228 e. The molecule has 0 fully saturated rings. The predicted octanol–water partition coefficient (Wildman–Crippen LogP) is 6.78. The summed E-state index contributed by atoms with van der Waals surface area (Å²) in [6.45, 7) is 1.89. The molecule has 0 atom stereocenters. The van der Waals surface area contributed by atoms with Crippen LogP contribution in [0.5, 0.6) is 0 Å². The van der Waals surface area contributed by atoms with Crippen molar-refractivity contribution >= 4 is 40.7 Å². The summed E-state index contributed by atoms with van der Waals surface area (Å²) >= 11 is 13.7. The zero-order valence-electron chi connectivity index (χ0n) is 15.6. The van der Waals surface area contributed by atoms with Crippen LogP contribution in [0.3, 0.4) is 0 Å². The number of hydrogen-bond acceptors (Lipinski definition) is 4. The highest BCUT2D eigenvalue weighted by Crippen LogP contribution is 2.29. The van der Waals surface area contributed by atoms with Gasteiger partial charge in [-0.05, 0) is 49.6 Å². The molecule has 2 aromatic carbocycles. The number of rotatable bonds is 9. The molecule has 0 saturated heterocycles. The topological polar surface area (TPSA) is 43.1 Å². The molecule has 3 rings (SSSR count). The van der Waals surface area contributed by atoms with Gasteiger partial charge in [-0.3, -0.25) is 4.79 Å². The van der Waals surface area contributed by atoms with Crippen LogP contribution in [-0.4, -0.2) is 16.5 Å². The largest absolute Gasteiger partial charge is 0.441 e. The summed E-state index contributed by atoms with van der Waals surface area (Å²) in [6, 6.07) is 15.2. The molecule has 28 heavy (non-hydrogen) atoms. The number of ketones is 1. The number of hydrogen-bond donors (Lipinski definition) is 0. The van der Waals surface area contributed by atoms with Crippen molar-refractivity contribution in [2.75, 3.05) is 5.75 Å². The first kappa shape index (κ1) is 21.0. The molecule has 0 radical (unpaired) electrons. The van der Waals surface area contributed by atoms with E-state index in [0.29, 0.717) is 28.8 Å². The number of thioether (sulfide) groups is 1. The SMILES string of the molecule is Cc1oc(-c2ccccc2Cl)nc1CSCC(=O)CCCc1ccc(Cl)cc1. The van der Waals surface area contributed by atoms with Gasteiger partial charge < -0.3 is 4.42 Å². The molecule has 1 aromatic heterocycles. The molecule has 0 unspecified atom stereocenters. The minimum Gasteiger partial charge on any atom is -0.441 e. The van der Waals surface area contributed by atoms with E-state index in [0.717, 1.165) is 34.9 Å². The zero-order chi connectivity index (χ0) is 19.9. The van der Waals surface area contributed by atoms with Crippen LogP contribution in [0.25, 0.3) is 11.5 Å². The molecule has 0 aliphatic heterocycles. The Hall–Kier alpha value is -1.75. The number of halogens is 2. The van der Waals surface area contributed by atoms with E-state index < -0.39 is 0 Å². The van der Waals surface area contributed by atoms with Gasteiger partial charge >= 0.3 is 0 Å². The van der Waals surface area contributed by atoms with E-state index in [4.69, 9.17) is 27.6 Å². The number of aryl methyl sites for hydroxylation is 2. The third kappa shape index (κ3) is 5.87. The summed E-state index contributed by atoms with van der Waals surface area (Å²) in [5, 5.41) is 1.34. The highest BCUT2D eigenvalue weighted by atomic mass is 35.5. The Morgan fingerprint density at radius 2 is 1.86 bits per heavy atom. The van der Waals surface area contributed by atoms with Gasteiger partial charge in [0.1, 0.15) is 11.5 Å². The van der Waals surface area contributed by atoms with Crippen molar-refractivity contribution in [1.29, 1.82) is 0 Å². The van der Waals surface area contributed by atoms with Gasteiger partial charge in [-0.2, -0.15) is 0 Å². The maximum atomic E-state index is 12.1. The first-order chi connectivity index (χ1) is 13.5. The third-order valence-electron chi connectivity index (χ3n) is 4.33. The Labute approximate surface area is 179 Å². The summed E-state index contributed by atoms with van der Waals surface area (Å²) in [6.07, 6.45) is 2.32. The van der Waals surface area contributed by atoms with Crippen LogP contribution in [0.15, 0.2) is 52.9 Å². The van der Waals surface area contributed by atoms with Crippen LogP contribution in [0.1, 0.15) is 29.9 Å². The second-order valence-corrected chi connectivity index (χ2v) is 8.34. The van der Waals surface area contributed by atoms with Crippen molar-refractivity contribution < 1.29 is 9.21 Å². The Bertz CT molecular complexity index is 938. The summed E-state index contributed by atoms with van der Waals surface area (Å²) in [5.74, 6) is 2.66. The lowest BCUT2D eigenvalue weighted by molar-refractivity contribution is -0.116. The van der Waals surface area contributed by atoms with Crippen molar-refractivity contribution in [2.24, 2.45) is 0 Å².